The van der Waals surface area contributed by atoms with E-state index in [4.69, 9.17) is 21.1 Å². The molecule has 0 aliphatic carbocycles. The second kappa shape index (κ2) is 11.1. The molecule has 1 aliphatic heterocycles. The third kappa shape index (κ3) is 7.19. The molecule has 2 N–H and O–H groups in total. The number of para-hydroxylation sites is 1. The molecule has 0 saturated carbocycles. The molecule has 0 spiro atoms. The van der Waals surface area contributed by atoms with Gasteiger partial charge in [-0.15, -0.1) is 24.0 Å². The lowest BCUT2D eigenvalue weighted by Crippen LogP contribution is -2.46. The summed E-state index contributed by atoms with van der Waals surface area (Å²) in [5, 5.41) is 7.27. The molecule has 0 amide bonds. The van der Waals surface area contributed by atoms with Gasteiger partial charge in [0.1, 0.15) is 11.9 Å². The molecule has 0 aromatic heterocycles. The lowest BCUT2D eigenvalue weighted by atomic mass is 9.89. The smallest absolute Gasteiger partial charge is 0.191 e. The SMILES string of the molecule is CCNC(=NCC1(C)COC1)NCC(CC)Oc1ccccc1Cl.I. The van der Waals surface area contributed by atoms with Crippen molar-refractivity contribution in [2.75, 3.05) is 32.8 Å². The topological polar surface area (TPSA) is 54.9 Å². The van der Waals surface area contributed by atoms with Crippen LogP contribution in [0.3, 0.4) is 0 Å². The summed E-state index contributed by atoms with van der Waals surface area (Å²) < 4.78 is 11.3. The van der Waals surface area contributed by atoms with E-state index in [0.717, 1.165) is 38.7 Å². The van der Waals surface area contributed by atoms with Crippen LogP contribution in [0.4, 0.5) is 0 Å². The van der Waals surface area contributed by atoms with Crippen LogP contribution in [0.25, 0.3) is 0 Å². The molecule has 0 radical (unpaired) electrons. The van der Waals surface area contributed by atoms with Crippen LogP contribution in [-0.2, 0) is 4.74 Å². The van der Waals surface area contributed by atoms with Crippen LogP contribution in [-0.4, -0.2) is 44.9 Å². The number of nitrogens with zero attached hydrogens (tertiary/aromatic N) is 1. The summed E-state index contributed by atoms with van der Waals surface area (Å²) in [7, 11) is 0. The van der Waals surface area contributed by atoms with E-state index in [-0.39, 0.29) is 35.5 Å². The lowest BCUT2D eigenvalue weighted by Gasteiger charge is -2.36. The summed E-state index contributed by atoms with van der Waals surface area (Å²) in [6, 6.07) is 7.55. The van der Waals surface area contributed by atoms with Crippen molar-refractivity contribution in [1.29, 1.82) is 0 Å². The van der Waals surface area contributed by atoms with Crippen LogP contribution in [0.1, 0.15) is 27.2 Å². The second-order valence-electron chi connectivity index (χ2n) is 6.46. The summed E-state index contributed by atoms with van der Waals surface area (Å²) in [5.41, 5.74) is 0.167. The van der Waals surface area contributed by atoms with Crippen molar-refractivity contribution >= 4 is 41.5 Å². The Hall–Kier alpha value is -0.730. The summed E-state index contributed by atoms with van der Waals surface area (Å²) in [6.45, 7) is 10.2. The first-order chi connectivity index (χ1) is 11.6. The third-order valence-corrected chi connectivity index (χ3v) is 4.26. The molecule has 25 heavy (non-hydrogen) atoms. The van der Waals surface area contributed by atoms with E-state index in [1.807, 2.05) is 24.3 Å². The van der Waals surface area contributed by atoms with E-state index in [2.05, 4.69) is 36.4 Å². The van der Waals surface area contributed by atoms with E-state index in [1.54, 1.807) is 0 Å². The molecule has 1 saturated heterocycles. The minimum Gasteiger partial charge on any atom is -0.487 e. The predicted molar refractivity (Wildman–Crippen MR) is 114 cm³/mol. The molecule has 1 aromatic rings. The maximum absolute atomic E-state index is 6.17. The quantitative estimate of drug-likeness (QED) is 0.338. The molecule has 2 rings (SSSR count). The van der Waals surface area contributed by atoms with Gasteiger partial charge < -0.3 is 20.1 Å². The van der Waals surface area contributed by atoms with Crippen LogP contribution in [0, 0.1) is 5.41 Å². The van der Waals surface area contributed by atoms with E-state index in [1.165, 1.54) is 0 Å². The van der Waals surface area contributed by atoms with Crippen molar-refractivity contribution in [2.24, 2.45) is 10.4 Å². The van der Waals surface area contributed by atoms with E-state index >= 15 is 0 Å². The van der Waals surface area contributed by atoms with Crippen molar-refractivity contribution in [3.8, 4) is 5.75 Å². The number of benzene rings is 1. The molecule has 7 heteroatoms. The van der Waals surface area contributed by atoms with Crippen LogP contribution in [0.2, 0.25) is 5.02 Å². The maximum atomic E-state index is 6.17. The maximum Gasteiger partial charge on any atom is 0.191 e. The summed E-state index contributed by atoms with van der Waals surface area (Å²) in [6.07, 6.45) is 0.903. The van der Waals surface area contributed by atoms with Gasteiger partial charge in [-0.2, -0.15) is 0 Å². The van der Waals surface area contributed by atoms with Crippen LogP contribution >= 0.6 is 35.6 Å². The monoisotopic (exact) mass is 481 g/mol. The number of hydrogen-bond acceptors (Lipinski definition) is 3. The molecule has 1 aliphatic rings. The fourth-order valence-electron chi connectivity index (χ4n) is 2.35. The zero-order chi connectivity index (χ0) is 17.4. The molecule has 0 bridgehead atoms. The number of ether oxygens (including phenoxy) is 2. The first-order valence-electron chi connectivity index (χ1n) is 8.57. The number of nitrogens with one attached hydrogen (secondary N) is 2. The second-order valence-corrected chi connectivity index (χ2v) is 6.87. The van der Waals surface area contributed by atoms with Gasteiger partial charge in [0.25, 0.3) is 0 Å². The van der Waals surface area contributed by atoms with E-state index in [9.17, 15) is 0 Å². The number of guanidine groups is 1. The largest absolute Gasteiger partial charge is 0.487 e. The lowest BCUT2D eigenvalue weighted by molar-refractivity contribution is -0.0945. The average molecular weight is 482 g/mol. The zero-order valence-electron chi connectivity index (χ0n) is 15.2. The molecule has 142 valence electrons. The normalized spacial score (nSPS) is 17.0. The Morgan fingerprint density at radius 2 is 2.04 bits per heavy atom. The molecule has 1 heterocycles. The predicted octanol–water partition coefficient (Wildman–Crippen LogP) is 3.71. The van der Waals surface area contributed by atoms with Crippen molar-refractivity contribution < 1.29 is 9.47 Å². The standard InChI is InChI=1S/C18H28ClN3O2.HI/c1-4-14(24-16-9-7-6-8-15(16)19)10-21-17(20-5-2)22-11-18(3)12-23-13-18;/h6-9,14H,4-5,10-13H2,1-3H3,(H2,20,21,22);1H. The van der Waals surface area contributed by atoms with Gasteiger partial charge in [-0.05, 0) is 25.5 Å². The summed E-state index contributed by atoms with van der Waals surface area (Å²) in [4.78, 5) is 4.67. The highest BCUT2D eigenvalue weighted by molar-refractivity contribution is 14.0. The van der Waals surface area contributed by atoms with Gasteiger partial charge in [0.2, 0.25) is 0 Å². The number of hydrogen-bond donors (Lipinski definition) is 2. The van der Waals surface area contributed by atoms with Gasteiger partial charge in [-0.25, -0.2) is 0 Å². The Bertz CT molecular complexity index is 553. The van der Waals surface area contributed by atoms with E-state index in [0.29, 0.717) is 17.3 Å². The molecule has 1 unspecified atom stereocenters. The Morgan fingerprint density at radius 3 is 2.60 bits per heavy atom. The Labute approximate surface area is 172 Å². The van der Waals surface area contributed by atoms with Crippen molar-refractivity contribution in [3.05, 3.63) is 29.3 Å². The van der Waals surface area contributed by atoms with Crippen LogP contribution in [0.5, 0.6) is 5.75 Å². The molecule has 1 aromatic carbocycles. The zero-order valence-corrected chi connectivity index (χ0v) is 18.3. The first kappa shape index (κ1) is 22.3. The van der Waals surface area contributed by atoms with Gasteiger partial charge in [-0.3, -0.25) is 4.99 Å². The molecular weight excluding hydrogens is 453 g/mol. The summed E-state index contributed by atoms with van der Waals surface area (Å²) >= 11 is 6.17. The van der Waals surface area contributed by atoms with Crippen LogP contribution < -0.4 is 15.4 Å². The Balaban J connectivity index is 0.00000312. The number of halogens is 2. The molecule has 5 nitrogen and oxygen atoms in total. The van der Waals surface area contributed by atoms with Gasteiger partial charge >= 0.3 is 0 Å². The highest BCUT2D eigenvalue weighted by Crippen LogP contribution is 2.26. The van der Waals surface area contributed by atoms with Crippen molar-refractivity contribution in [2.45, 2.75) is 33.3 Å². The first-order valence-corrected chi connectivity index (χ1v) is 8.95. The summed E-state index contributed by atoms with van der Waals surface area (Å²) in [5.74, 6) is 1.53. The number of aliphatic imine (C=N–C) groups is 1. The Morgan fingerprint density at radius 1 is 1.32 bits per heavy atom. The highest BCUT2D eigenvalue weighted by Gasteiger charge is 2.33. The minimum atomic E-state index is 0. The molecule has 1 atom stereocenters. The fourth-order valence-corrected chi connectivity index (χ4v) is 2.53. The van der Waals surface area contributed by atoms with Gasteiger partial charge in [0.15, 0.2) is 5.96 Å². The highest BCUT2D eigenvalue weighted by atomic mass is 127. The van der Waals surface area contributed by atoms with Gasteiger partial charge in [0.05, 0.1) is 31.3 Å². The average Bonchev–Trinajstić information content (AvgIpc) is 2.56. The van der Waals surface area contributed by atoms with Gasteiger partial charge in [-0.1, -0.05) is 37.6 Å². The number of rotatable bonds is 8. The Kier molecular flexibility index (Phi) is 9.89. The van der Waals surface area contributed by atoms with Crippen molar-refractivity contribution in [1.82, 2.24) is 10.6 Å². The molecule has 1 fully saturated rings. The van der Waals surface area contributed by atoms with E-state index < -0.39 is 0 Å². The van der Waals surface area contributed by atoms with Gasteiger partial charge in [0, 0.05) is 12.0 Å². The van der Waals surface area contributed by atoms with Crippen molar-refractivity contribution in [3.63, 3.8) is 0 Å². The molecular formula is C18H29ClIN3O2. The van der Waals surface area contributed by atoms with Crippen LogP contribution in [0.15, 0.2) is 29.3 Å². The fraction of sp³-hybridized carbons (Fsp3) is 0.611. The third-order valence-electron chi connectivity index (χ3n) is 3.95. The minimum absolute atomic E-state index is 0.